The van der Waals surface area contributed by atoms with Crippen LogP contribution < -0.4 is 0 Å². The molecule has 2 heterocycles. The van der Waals surface area contributed by atoms with E-state index in [9.17, 15) is 9.18 Å². The van der Waals surface area contributed by atoms with Gasteiger partial charge in [0.15, 0.2) is 16.1 Å². The molecule has 0 saturated heterocycles. The Morgan fingerprint density at radius 2 is 2.00 bits per heavy atom. The third-order valence-electron chi connectivity index (χ3n) is 2.60. The zero-order valence-corrected chi connectivity index (χ0v) is 11.6. The second-order valence-corrected chi connectivity index (χ2v) is 4.74. The molecule has 0 bridgehead atoms. The summed E-state index contributed by atoms with van der Waals surface area (Å²) in [6, 6.07) is 9.36. The molecule has 1 aromatic carbocycles. The monoisotopic (exact) mass is 335 g/mol. The van der Waals surface area contributed by atoms with E-state index in [1.54, 1.807) is 30.3 Å². The van der Waals surface area contributed by atoms with Crippen LogP contribution >= 0.6 is 15.9 Å². The van der Waals surface area contributed by atoms with E-state index < -0.39 is 11.8 Å². The Morgan fingerprint density at radius 3 is 2.70 bits per heavy atom. The lowest BCUT2D eigenvalue weighted by Crippen LogP contribution is -2.04. The Bertz CT molecular complexity index is 748. The highest BCUT2D eigenvalue weighted by Crippen LogP contribution is 2.22. The summed E-state index contributed by atoms with van der Waals surface area (Å²) in [4.78, 5) is 15.7. The van der Waals surface area contributed by atoms with Gasteiger partial charge in [-0.25, -0.2) is 14.2 Å². The van der Waals surface area contributed by atoms with Crippen molar-refractivity contribution in [3.63, 3.8) is 0 Å². The number of aliphatic imine (C=N–C) groups is 1. The average Bonchev–Trinajstić information content (AvgIpc) is 2.99. The minimum atomic E-state index is -0.643. The molecule has 3 rings (SSSR count). The summed E-state index contributed by atoms with van der Waals surface area (Å²) in [6.45, 7) is 0. The fraction of sp³-hybridized carbons (Fsp3) is 0. The maximum absolute atomic E-state index is 13.5. The topological polar surface area (TPSA) is 51.8 Å². The third kappa shape index (κ3) is 2.42. The number of hydrogen-bond donors (Lipinski definition) is 0. The minimum Gasteiger partial charge on any atom is -0.444 e. The van der Waals surface area contributed by atoms with Gasteiger partial charge >= 0.3 is 5.97 Å². The number of esters is 1. The molecule has 0 saturated carbocycles. The van der Waals surface area contributed by atoms with E-state index >= 15 is 0 Å². The highest BCUT2D eigenvalue weighted by atomic mass is 79.9. The summed E-state index contributed by atoms with van der Waals surface area (Å²) in [7, 11) is 0. The van der Waals surface area contributed by atoms with Gasteiger partial charge in [-0.05, 0) is 40.2 Å². The number of benzene rings is 1. The molecular formula is C14H7BrFNO3. The number of cyclic esters (lactones) is 1. The van der Waals surface area contributed by atoms with Crippen molar-refractivity contribution in [2.75, 3.05) is 0 Å². The number of ether oxygens (including phenoxy) is 1. The van der Waals surface area contributed by atoms with Gasteiger partial charge in [-0.15, -0.1) is 0 Å². The normalized spacial score (nSPS) is 16.4. The molecule has 100 valence electrons. The van der Waals surface area contributed by atoms with Gasteiger partial charge in [0.05, 0.1) is 0 Å². The van der Waals surface area contributed by atoms with Crippen LogP contribution in [-0.2, 0) is 9.53 Å². The van der Waals surface area contributed by atoms with Crippen LogP contribution in [0, 0.1) is 5.82 Å². The van der Waals surface area contributed by atoms with Crippen LogP contribution in [0.15, 0.2) is 56.2 Å². The fourth-order valence-electron chi connectivity index (χ4n) is 1.68. The molecule has 1 aromatic heterocycles. The fourth-order valence-corrected chi connectivity index (χ4v) is 1.99. The molecule has 0 atom stereocenters. The van der Waals surface area contributed by atoms with Crippen molar-refractivity contribution in [2.45, 2.75) is 0 Å². The average molecular weight is 336 g/mol. The molecule has 1 aliphatic heterocycles. The summed E-state index contributed by atoms with van der Waals surface area (Å²) in [5, 5.41) is 0. The van der Waals surface area contributed by atoms with Crippen molar-refractivity contribution >= 4 is 33.9 Å². The number of rotatable bonds is 2. The molecule has 0 N–H and O–H groups in total. The van der Waals surface area contributed by atoms with Crippen molar-refractivity contribution in [3.8, 4) is 0 Å². The van der Waals surface area contributed by atoms with Gasteiger partial charge in [-0.2, -0.15) is 0 Å². The zero-order chi connectivity index (χ0) is 14.1. The Hall–Kier alpha value is -2.21. The minimum absolute atomic E-state index is 0.0256. The van der Waals surface area contributed by atoms with E-state index in [0.29, 0.717) is 10.4 Å². The van der Waals surface area contributed by atoms with Gasteiger partial charge in [0, 0.05) is 5.56 Å². The van der Waals surface area contributed by atoms with Crippen molar-refractivity contribution < 1.29 is 18.3 Å². The zero-order valence-electron chi connectivity index (χ0n) is 9.97. The molecule has 6 heteroatoms. The van der Waals surface area contributed by atoms with Crippen LogP contribution in [0.1, 0.15) is 11.3 Å². The lowest BCUT2D eigenvalue weighted by Gasteiger charge is -1.95. The summed E-state index contributed by atoms with van der Waals surface area (Å²) >= 11 is 3.15. The molecule has 0 unspecified atom stereocenters. The molecule has 4 nitrogen and oxygen atoms in total. The summed E-state index contributed by atoms with van der Waals surface area (Å²) in [5.74, 6) is -0.696. The first-order chi connectivity index (χ1) is 9.63. The maximum Gasteiger partial charge on any atom is 0.363 e. The summed E-state index contributed by atoms with van der Waals surface area (Å²) in [6.07, 6.45) is 1.34. The second kappa shape index (κ2) is 5.05. The highest BCUT2D eigenvalue weighted by molar-refractivity contribution is 9.10. The molecule has 20 heavy (non-hydrogen) atoms. The standard InChI is InChI=1S/C14H7BrFNO3/c15-12-6-5-11(19-12)13-17-10(14(18)20-13)7-8-3-1-2-4-9(8)16/h1-7H/b10-7-. The number of nitrogens with zero attached hydrogens (tertiary/aromatic N) is 1. The molecule has 0 spiro atoms. The van der Waals surface area contributed by atoms with Gasteiger partial charge in [0.1, 0.15) is 5.82 Å². The van der Waals surface area contributed by atoms with Crippen LogP contribution in [0.25, 0.3) is 6.08 Å². The number of furan rings is 1. The number of carbonyl (C=O) groups is 1. The van der Waals surface area contributed by atoms with E-state index in [1.807, 2.05) is 0 Å². The van der Waals surface area contributed by atoms with Gasteiger partial charge in [-0.3, -0.25) is 0 Å². The number of carbonyl (C=O) groups excluding carboxylic acids is 1. The van der Waals surface area contributed by atoms with Gasteiger partial charge < -0.3 is 9.15 Å². The molecule has 0 aliphatic carbocycles. The van der Waals surface area contributed by atoms with Gasteiger partial charge in [0.2, 0.25) is 0 Å². The molecule has 2 aromatic rings. The van der Waals surface area contributed by atoms with Crippen molar-refractivity contribution in [3.05, 3.63) is 63.9 Å². The van der Waals surface area contributed by atoms with E-state index in [4.69, 9.17) is 9.15 Å². The van der Waals surface area contributed by atoms with E-state index in [1.165, 1.54) is 12.1 Å². The van der Waals surface area contributed by atoms with Gasteiger partial charge in [-0.1, -0.05) is 18.2 Å². The Labute approximate surface area is 121 Å². The lowest BCUT2D eigenvalue weighted by molar-refractivity contribution is -0.130. The van der Waals surface area contributed by atoms with Crippen molar-refractivity contribution in [2.24, 2.45) is 4.99 Å². The van der Waals surface area contributed by atoms with Gasteiger partial charge in [0.25, 0.3) is 5.90 Å². The lowest BCUT2D eigenvalue weighted by atomic mass is 10.2. The third-order valence-corrected chi connectivity index (χ3v) is 3.03. The number of halogens is 2. The van der Waals surface area contributed by atoms with E-state index in [2.05, 4.69) is 20.9 Å². The first-order valence-electron chi connectivity index (χ1n) is 5.66. The molecule has 0 fully saturated rings. The maximum atomic E-state index is 13.5. The van der Waals surface area contributed by atoms with Crippen LogP contribution in [0.4, 0.5) is 4.39 Å². The highest BCUT2D eigenvalue weighted by Gasteiger charge is 2.26. The van der Waals surface area contributed by atoms with Crippen molar-refractivity contribution in [1.29, 1.82) is 0 Å². The second-order valence-electron chi connectivity index (χ2n) is 3.96. The molecule has 0 radical (unpaired) electrons. The Kier molecular flexibility index (Phi) is 3.23. The quantitative estimate of drug-likeness (QED) is 0.623. The Morgan fingerprint density at radius 1 is 1.20 bits per heavy atom. The first-order valence-corrected chi connectivity index (χ1v) is 6.45. The van der Waals surface area contributed by atoms with Crippen LogP contribution in [0.2, 0.25) is 0 Å². The molecule has 1 aliphatic rings. The molecular weight excluding hydrogens is 329 g/mol. The largest absolute Gasteiger partial charge is 0.444 e. The predicted molar refractivity (Wildman–Crippen MR) is 73.4 cm³/mol. The SMILES string of the molecule is O=C1OC(c2ccc(Br)o2)=N/C1=C\c1ccccc1F. The molecule has 0 amide bonds. The Balaban J connectivity index is 1.97. The van der Waals surface area contributed by atoms with Crippen LogP contribution in [0.3, 0.4) is 0 Å². The van der Waals surface area contributed by atoms with Crippen LogP contribution in [-0.4, -0.2) is 11.9 Å². The smallest absolute Gasteiger partial charge is 0.363 e. The van der Waals surface area contributed by atoms with Crippen LogP contribution in [0.5, 0.6) is 0 Å². The summed E-state index contributed by atoms with van der Waals surface area (Å²) in [5.41, 5.74) is 0.294. The van der Waals surface area contributed by atoms with E-state index in [-0.39, 0.29) is 17.2 Å². The van der Waals surface area contributed by atoms with Crippen molar-refractivity contribution in [1.82, 2.24) is 0 Å². The first kappa shape index (κ1) is 12.8. The summed E-state index contributed by atoms with van der Waals surface area (Å²) < 4.78 is 24.3. The van der Waals surface area contributed by atoms with E-state index in [0.717, 1.165) is 0 Å². The predicted octanol–water partition coefficient (Wildman–Crippen LogP) is 3.53. The number of hydrogen-bond acceptors (Lipinski definition) is 4.